The van der Waals surface area contributed by atoms with E-state index in [0.29, 0.717) is 11.1 Å². The zero-order valence-electron chi connectivity index (χ0n) is 17.6. The Labute approximate surface area is 177 Å². The Morgan fingerprint density at radius 1 is 0.867 bits per heavy atom. The highest BCUT2D eigenvalue weighted by Gasteiger charge is 2.37. The Kier molecular flexibility index (Phi) is 8.54. The molecule has 0 atom stereocenters. The zero-order chi connectivity index (χ0) is 22.1. The molecule has 2 rings (SSSR count). The fourth-order valence-corrected chi connectivity index (χ4v) is 4.66. The minimum absolute atomic E-state index is 0.0229. The van der Waals surface area contributed by atoms with Crippen molar-refractivity contribution in [2.24, 2.45) is 0 Å². The number of rotatable bonds is 9. The predicted octanol–water partition coefficient (Wildman–Crippen LogP) is 4.14. The summed E-state index contributed by atoms with van der Waals surface area (Å²) >= 11 is 0. The Morgan fingerprint density at radius 2 is 1.33 bits per heavy atom. The van der Waals surface area contributed by atoms with Crippen LogP contribution in [0.5, 0.6) is 0 Å². The summed E-state index contributed by atoms with van der Waals surface area (Å²) in [5, 5.41) is 2.68. The fraction of sp³-hybridized carbons (Fsp3) is 0.273. The minimum atomic E-state index is -3.93. The normalized spacial score (nSPS) is 12.1. The summed E-state index contributed by atoms with van der Waals surface area (Å²) in [7, 11) is -0.836. The first-order chi connectivity index (χ1) is 14.3. The van der Waals surface area contributed by atoms with Crippen LogP contribution in [-0.4, -0.2) is 44.0 Å². The lowest BCUT2D eigenvalue weighted by Crippen LogP contribution is -2.35. The molecular weight excluding hydrogens is 403 g/mol. The summed E-state index contributed by atoms with van der Waals surface area (Å²) in [6, 6.07) is 17.1. The van der Waals surface area contributed by atoms with Crippen molar-refractivity contribution in [3.63, 3.8) is 0 Å². The molecule has 0 aliphatic heterocycles. The van der Waals surface area contributed by atoms with E-state index in [4.69, 9.17) is 9.05 Å². The summed E-state index contributed by atoms with van der Waals surface area (Å²) < 4.78 is 24.9. The predicted molar refractivity (Wildman–Crippen MR) is 117 cm³/mol. The summed E-state index contributed by atoms with van der Waals surface area (Å²) in [4.78, 5) is 27.3. The van der Waals surface area contributed by atoms with Gasteiger partial charge < -0.3 is 19.3 Å². The van der Waals surface area contributed by atoms with E-state index in [1.807, 2.05) is 0 Å². The van der Waals surface area contributed by atoms with Crippen LogP contribution in [-0.2, 0) is 18.4 Å². The van der Waals surface area contributed by atoms with Crippen molar-refractivity contribution >= 4 is 24.7 Å². The fourth-order valence-electron chi connectivity index (χ4n) is 2.75. The lowest BCUT2D eigenvalue weighted by molar-refractivity contribution is -0.125. The molecule has 0 unspecified atom stereocenters. The van der Waals surface area contributed by atoms with Gasteiger partial charge in [0.05, 0.1) is 13.2 Å². The Balaban J connectivity index is 2.75. The van der Waals surface area contributed by atoms with E-state index in [1.54, 1.807) is 88.6 Å². The molecule has 2 aromatic carbocycles. The Hall–Kier alpha value is -2.73. The van der Waals surface area contributed by atoms with Crippen molar-refractivity contribution in [1.82, 2.24) is 10.2 Å². The average Bonchev–Trinajstić information content (AvgIpc) is 2.74. The molecule has 2 amide bonds. The van der Waals surface area contributed by atoms with Crippen molar-refractivity contribution in [2.75, 3.05) is 27.3 Å². The molecule has 1 N–H and O–H groups in total. The largest absolute Gasteiger partial charge is 0.364 e. The van der Waals surface area contributed by atoms with Crippen molar-refractivity contribution in [3.8, 4) is 0 Å². The number of nitrogens with one attached hydrogen (secondary N) is 1. The Morgan fingerprint density at radius 3 is 1.77 bits per heavy atom. The van der Waals surface area contributed by atoms with E-state index in [-0.39, 0.29) is 24.2 Å². The van der Waals surface area contributed by atoms with Gasteiger partial charge in [0.25, 0.3) is 11.8 Å². The molecule has 2 aromatic rings. The molecule has 0 radical (unpaired) electrons. The van der Waals surface area contributed by atoms with Crippen LogP contribution in [0.2, 0.25) is 0 Å². The van der Waals surface area contributed by atoms with E-state index in [0.717, 1.165) is 0 Å². The molecule has 8 heteroatoms. The monoisotopic (exact) mass is 430 g/mol. The SMILES string of the molecule is CCOP(=O)(OCC)/C(=C(\NC(=O)c1ccccc1)C(=O)N(C)C)c1ccccc1. The van der Waals surface area contributed by atoms with Crippen LogP contribution < -0.4 is 5.32 Å². The van der Waals surface area contributed by atoms with E-state index in [1.165, 1.54) is 4.90 Å². The molecule has 0 saturated heterocycles. The van der Waals surface area contributed by atoms with Crippen molar-refractivity contribution < 1.29 is 23.2 Å². The van der Waals surface area contributed by atoms with Crippen LogP contribution in [0.15, 0.2) is 66.4 Å². The third-order valence-corrected chi connectivity index (χ3v) is 6.28. The Bertz CT molecular complexity index is 933. The molecule has 0 spiro atoms. The summed E-state index contributed by atoms with van der Waals surface area (Å²) in [5.74, 6) is -1.04. The van der Waals surface area contributed by atoms with E-state index in [2.05, 4.69) is 5.32 Å². The van der Waals surface area contributed by atoms with Gasteiger partial charge in [-0.05, 0) is 31.5 Å². The number of carbonyl (C=O) groups excluding carboxylic acids is 2. The molecule has 0 fully saturated rings. The molecule has 0 heterocycles. The highest BCUT2D eigenvalue weighted by Crippen LogP contribution is 2.61. The maximum Gasteiger partial charge on any atom is 0.364 e. The van der Waals surface area contributed by atoms with Gasteiger partial charge in [-0.3, -0.25) is 14.2 Å². The quantitative estimate of drug-likeness (QED) is 0.477. The molecule has 160 valence electrons. The second kappa shape index (κ2) is 10.9. The van der Waals surface area contributed by atoms with Crippen LogP contribution in [0.4, 0.5) is 0 Å². The van der Waals surface area contributed by atoms with Gasteiger partial charge in [0, 0.05) is 19.7 Å². The number of amides is 2. The molecule has 0 saturated carbocycles. The minimum Gasteiger partial charge on any atom is -0.343 e. The maximum absolute atomic E-state index is 13.8. The van der Waals surface area contributed by atoms with Crippen LogP contribution in [0.3, 0.4) is 0 Å². The first-order valence-corrected chi connectivity index (χ1v) is 11.2. The van der Waals surface area contributed by atoms with Crippen LogP contribution in [0, 0.1) is 0 Å². The lowest BCUT2D eigenvalue weighted by Gasteiger charge is -2.25. The van der Waals surface area contributed by atoms with Crippen LogP contribution in [0.25, 0.3) is 5.31 Å². The number of benzene rings is 2. The molecule has 7 nitrogen and oxygen atoms in total. The summed E-state index contributed by atoms with van der Waals surface area (Å²) in [6.45, 7) is 3.57. The molecule has 30 heavy (non-hydrogen) atoms. The molecular formula is C22H27N2O5P. The zero-order valence-corrected chi connectivity index (χ0v) is 18.5. The van der Waals surface area contributed by atoms with Gasteiger partial charge in [-0.1, -0.05) is 48.5 Å². The number of nitrogens with zero attached hydrogens (tertiary/aromatic N) is 1. The van der Waals surface area contributed by atoms with Crippen LogP contribution in [0.1, 0.15) is 29.8 Å². The molecule has 0 aliphatic carbocycles. The highest BCUT2D eigenvalue weighted by atomic mass is 31.2. The van der Waals surface area contributed by atoms with Gasteiger partial charge in [-0.25, -0.2) is 0 Å². The highest BCUT2D eigenvalue weighted by molar-refractivity contribution is 7.65. The lowest BCUT2D eigenvalue weighted by atomic mass is 10.1. The van der Waals surface area contributed by atoms with Gasteiger partial charge in [0.2, 0.25) is 0 Å². The topological polar surface area (TPSA) is 84.9 Å². The van der Waals surface area contributed by atoms with Gasteiger partial charge in [-0.2, -0.15) is 0 Å². The first kappa shape index (κ1) is 23.5. The van der Waals surface area contributed by atoms with E-state index >= 15 is 0 Å². The number of likely N-dealkylation sites (N-methyl/N-ethyl adjacent to an activating group) is 1. The second-order valence-electron chi connectivity index (χ2n) is 6.44. The standard InChI is InChI=1S/C22H27N2O5P/c1-5-28-30(27,29-6-2)20(17-13-9-7-10-14-17)19(22(26)24(3)4)23-21(25)18-15-11-8-12-16-18/h7-16H,5-6H2,1-4H3,(H,23,25)/b20-19-. The van der Waals surface area contributed by atoms with Gasteiger partial charge in [0.15, 0.2) is 0 Å². The number of hydrogen-bond acceptors (Lipinski definition) is 5. The third-order valence-electron chi connectivity index (χ3n) is 4.05. The third kappa shape index (κ3) is 5.66. The first-order valence-electron chi connectivity index (χ1n) is 9.61. The van der Waals surface area contributed by atoms with E-state index < -0.39 is 19.4 Å². The second-order valence-corrected chi connectivity index (χ2v) is 8.40. The maximum atomic E-state index is 13.8. The van der Waals surface area contributed by atoms with E-state index in [9.17, 15) is 14.2 Å². The number of hydrogen-bond donors (Lipinski definition) is 1. The van der Waals surface area contributed by atoms with Gasteiger partial charge >= 0.3 is 7.60 Å². The van der Waals surface area contributed by atoms with Gasteiger partial charge in [-0.15, -0.1) is 0 Å². The molecule has 0 bridgehead atoms. The van der Waals surface area contributed by atoms with Crippen molar-refractivity contribution in [3.05, 3.63) is 77.5 Å². The van der Waals surface area contributed by atoms with Crippen molar-refractivity contribution in [2.45, 2.75) is 13.8 Å². The average molecular weight is 430 g/mol. The summed E-state index contributed by atoms with van der Waals surface area (Å²) in [6.07, 6.45) is 0. The molecule has 0 aromatic heterocycles. The van der Waals surface area contributed by atoms with Crippen molar-refractivity contribution in [1.29, 1.82) is 0 Å². The smallest absolute Gasteiger partial charge is 0.343 e. The van der Waals surface area contributed by atoms with Gasteiger partial charge in [0.1, 0.15) is 11.0 Å². The number of carbonyl (C=O) groups is 2. The van der Waals surface area contributed by atoms with Crippen LogP contribution >= 0.6 is 7.60 Å². The summed E-state index contributed by atoms with van der Waals surface area (Å²) in [5.41, 5.74) is 0.670. The molecule has 0 aliphatic rings.